The van der Waals surface area contributed by atoms with E-state index in [0.717, 1.165) is 0 Å². The lowest BCUT2D eigenvalue weighted by molar-refractivity contribution is -0.137. The molecule has 0 radical (unpaired) electrons. The number of carboxylic acid groups (broad SMARTS) is 1. The third kappa shape index (κ3) is 8.96. The van der Waals surface area contributed by atoms with E-state index in [4.69, 9.17) is 10.2 Å². The normalized spacial score (nSPS) is 13.9. The fourth-order valence-corrected chi connectivity index (χ4v) is 0.890. The second kappa shape index (κ2) is 8.47. The smallest absolute Gasteiger partial charge is 0.303 e. The number of aliphatic hydroxyl groups excluding tert-OH is 2. The summed E-state index contributed by atoms with van der Waals surface area (Å²) in [5.74, 6) is -0.846. The van der Waals surface area contributed by atoms with E-state index in [9.17, 15) is 9.90 Å². The highest BCUT2D eigenvalue weighted by Gasteiger charge is 2.01. The first-order valence-corrected chi connectivity index (χ1v) is 4.51. The van der Waals surface area contributed by atoms with E-state index in [1.54, 1.807) is 24.3 Å². The molecule has 4 heteroatoms. The van der Waals surface area contributed by atoms with Crippen molar-refractivity contribution >= 4 is 5.97 Å². The molecular formula is C10H16O4. The summed E-state index contributed by atoms with van der Waals surface area (Å²) < 4.78 is 0. The molecule has 0 saturated carbocycles. The van der Waals surface area contributed by atoms with Gasteiger partial charge < -0.3 is 15.3 Å². The van der Waals surface area contributed by atoms with Crippen molar-refractivity contribution in [3.63, 3.8) is 0 Å². The Labute approximate surface area is 83.2 Å². The Balaban J connectivity index is 3.54. The van der Waals surface area contributed by atoms with Crippen LogP contribution in [0.2, 0.25) is 0 Å². The number of carbonyl (C=O) groups is 1. The summed E-state index contributed by atoms with van der Waals surface area (Å²) >= 11 is 0. The number of hydrogen-bond donors (Lipinski definition) is 3. The maximum atomic E-state index is 10.1. The third-order valence-electron chi connectivity index (χ3n) is 1.58. The molecular weight excluding hydrogens is 184 g/mol. The zero-order valence-electron chi connectivity index (χ0n) is 7.97. The molecule has 80 valence electrons. The van der Waals surface area contributed by atoms with Crippen LogP contribution in [0.3, 0.4) is 0 Å². The van der Waals surface area contributed by atoms with Gasteiger partial charge in [-0.15, -0.1) is 0 Å². The van der Waals surface area contributed by atoms with Crippen molar-refractivity contribution in [2.45, 2.75) is 25.4 Å². The van der Waals surface area contributed by atoms with Gasteiger partial charge in [0.25, 0.3) is 0 Å². The maximum absolute atomic E-state index is 10.1. The van der Waals surface area contributed by atoms with Crippen molar-refractivity contribution in [3.05, 3.63) is 24.3 Å². The first-order chi connectivity index (χ1) is 6.66. The third-order valence-corrected chi connectivity index (χ3v) is 1.58. The second-order valence-corrected chi connectivity index (χ2v) is 2.85. The number of carboxylic acids is 1. The lowest BCUT2D eigenvalue weighted by Crippen LogP contribution is -2.03. The fourth-order valence-electron chi connectivity index (χ4n) is 0.890. The first kappa shape index (κ1) is 12.9. The molecule has 1 atom stereocenters. The van der Waals surface area contributed by atoms with Crippen molar-refractivity contribution in [3.8, 4) is 0 Å². The van der Waals surface area contributed by atoms with Gasteiger partial charge in [-0.1, -0.05) is 24.3 Å². The number of aliphatic hydroxyl groups is 2. The van der Waals surface area contributed by atoms with Crippen LogP contribution in [0.5, 0.6) is 0 Å². The number of hydrogen-bond acceptors (Lipinski definition) is 3. The summed E-state index contributed by atoms with van der Waals surface area (Å²) in [6.07, 6.45) is 6.73. The summed E-state index contributed by atoms with van der Waals surface area (Å²) in [6.45, 7) is -0.0283. The van der Waals surface area contributed by atoms with Crippen LogP contribution in [-0.2, 0) is 4.79 Å². The molecule has 14 heavy (non-hydrogen) atoms. The summed E-state index contributed by atoms with van der Waals surface area (Å²) in [7, 11) is 0. The Kier molecular flexibility index (Phi) is 7.78. The molecule has 0 spiro atoms. The van der Waals surface area contributed by atoms with Crippen LogP contribution >= 0.6 is 0 Å². The molecule has 4 nitrogen and oxygen atoms in total. The zero-order valence-corrected chi connectivity index (χ0v) is 7.97. The van der Waals surface area contributed by atoms with Gasteiger partial charge in [0.15, 0.2) is 0 Å². The van der Waals surface area contributed by atoms with E-state index in [0.29, 0.717) is 12.8 Å². The van der Waals surface area contributed by atoms with E-state index >= 15 is 0 Å². The Hall–Kier alpha value is -1.13. The van der Waals surface area contributed by atoms with Crippen molar-refractivity contribution in [1.82, 2.24) is 0 Å². The van der Waals surface area contributed by atoms with Crippen molar-refractivity contribution in [2.24, 2.45) is 0 Å². The summed E-state index contributed by atoms with van der Waals surface area (Å²) in [5, 5.41) is 26.0. The minimum absolute atomic E-state index is 0.0283. The number of allylic oxidation sites excluding steroid dienone is 2. The van der Waals surface area contributed by atoms with Crippen LogP contribution < -0.4 is 0 Å². The van der Waals surface area contributed by atoms with Crippen molar-refractivity contribution in [2.75, 3.05) is 6.61 Å². The molecule has 0 aliphatic rings. The van der Waals surface area contributed by atoms with Gasteiger partial charge in [-0.2, -0.15) is 0 Å². The van der Waals surface area contributed by atoms with Crippen LogP contribution in [0, 0.1) is 0 Å². The molecule has 0 aliphatic carbocycles. The lowest BCUT2D eigenvalue weighted by atomic mass is 10.1. The number of rotatable bonds is 7. The predicted molar refractivity (Wildman–Crippen MR) is 52.9 cm³/mol. The zero-order chi connectivity index (χ0) is 10.8. The fraction of sp³-hybridized carbons (Fsp3) is 0.500. The summed E-state index contributed by atoms with van der Waals surface area (Å²) in [4.78, 5) is 10.1. The molecule has 0 aromatic heterocycles. The van der Waals surface area contributed by atoms with Crippen LogP contribution in [0.4, 0.5) is 0 Å². The molecule has 0 aromatic carbocycles. The van der Waals surface area contributed by atoms with E-state index < -0.39 is 12.1 Å². The monoisotopic (exact) mass is 200 g/mol. The number of aliphatic carboxylic acids is 1. The Bertz CT molecular complexity index is 208. The minimum Gasteiger partial charge on any atom is -0.481 e. The largest absolute Gasteiger partial charge is 0.481 e. The second-order valence-electron chi connectivity index (χ2n) is 2.85. The highest BCUT2D eigenvalue weighted by atomic mass is 16.4. The van der Waals surface area contributed by atoms with Gasteiger partial charge in [-0.25, -0.2) is 0 Å². The molecule has 0 fully saturated rings. The van der Waals surface area contributed by atoms with Gasteiger partial charge in [0.05, 0.1) is 12.7 Å². The molecule has 0 amide bonds. The molecule has 0 saturated heterocycles. The SMILES string of the molecule is O=C(O)CCCC(O)C=CC=CCO. The summed E-state index contributed by atoms with van der Waals surface area (Å²) in [5.41, 5.74) is 0. The van der Waals surface area contributed by atoms with Crippen LogP contribution in [0.1, 0.15) is 19.3 Å². The average molecular weight is 200 g/mol. The molecule has 0 heterocycles. The van der Waals surface area contributed by atoms with Crippen molar-refractivity contribution < 1.29 is 20.1 Å². The van der Waals surface area contributed by atoms with Gasteiger partial charge in [0.1, 0.15) is 0 Å². The summed E-state index contributed by atoms with van der Waals surface area (Å²) in [6, 6.07) is 0. The standard InChI is InChI=1S/C10H16O4/c11-8-3-1-2-5-9(12)6-4-7-10(13)14/h1-3,5,9,11-12H,4,6-8H2,(H,13,14). The lowest BCUT2D eigenvalue weighted by Gasteiger charge is -2.02. The molecule has 1 unspecified atom stereocenters. The molecule has 3 N–H and O–H groups in total. The molecule has 0 bridgehead atoms. The first-order valence-electron chi connectivity index (χ1n) is 4.51. The van der Waals surface area contributed by atoms with Gasteiger partial charge >= 0.3 is 5.97 Å². The molecule has 0 rings (SSSR count). The van der Waals surface area contributed by atoms with Gasteiger partial charge in [0.2, 0.25) is 0 Å². The van der Waals surface area contributed by atoms with Crippen LogP contribution in [0.15, 0.2) is 24.3 Å². The topological polar surface area (TPSA) is 77.8 Å². The minimum atomic E-state index is -0.846. The van der Waals surface area contributed by atoms with Crippen LogP contribution in [-0.4, -0.2) is 34.0 Å². The van der Waals surface area contributed by atoms with E-state index in [1.807, 2.05) is 0 Å². The van der Waals surface area contributed by atoms with Gasteiger partial charge in [0, 0.05) is 6.42 Å². The molecule has 0 aliphatic heterocycles. The maximum Gasteiger partial charge on any atom is 0.303 e. The van der Waals surface area contributed by atoms with E-state index in [2.05, 4.69) is 0 Å². The van der Waals surface area contributed by atoms with Crippen molar-refractivity contribution in [1.29, 1.82) is 0 Å². The quantitative estimate of drug-likeness (QED) is 0.529. The highest BCUT2D eigenvalue weighted by molar-refractivity contribution is 5.66. The molecule has 0 aromatic rings. The Morgan fingerprint density at radius 1 is 1.36 bits per heavy atom. The average Bonchev–Trinajstić information content (AvgIpc) is 2.12. The van der Waals surface area contributed by atoms with E-state index in [-0.39, 0.29) is 13.0 Å². The van der Waals surface area contributed by atoms with E-state index in [1.165, 1.54) is 0 Å². The Morgan fingerprint density at radius 2 is 2.07 bits per heavy atom. The van der Waals surface area contributed by atoms with Gasteiger partial charge in [-0.3, -0.25) is 4.79 Å². The van der Waals surface area contributed by atoms with Gasteiger partial charge in [-0.05, 0) is 12.8 Å². The highest BCUT2D eigenvalue weighted by Crippen LogP contribution is 2.02. The predicted octanol–water partition coefficient (Wildman–Crippen LogP) is 0.707. The Morgan fingerprint density at radius 3 is 2.64 bits per heavy atom. The van der Waals surface area contributed by atoms with Crippen LogP contribution in [0.25, 0.3) is 0 Å².